The zero-order valence-corrected chi connectivity index (χ0v) is 11.9. The molecule has 1 saturated carbocycles. The standard InChI is InChI=1S/C14H23N3O2/c1-9-5-4-6-11(7-9)8-15-13-12(14(18)19)10(2)16-17(13)3/h9,11,15H,4-8H2,1-3H3,(H,18,19). The summed E-state index contributed by atoms with van der Waals surface area (Å²) < 4.78 is 1.63. The van der Waals surface area contributed by atoms with Crippen LogP contribution in [0.25, 0.3) is 0 Å². The first kappa shape index (κ1) is 13.9. The van der Waals surface area contributed by atoms with Gasteiger partial charge in [0.15, 0.2) is 0 Å². The van der Waals surface area contributed by atoms with Crippen LogP contribution in [-0.4, -0.2) is 27.4 Å². The van der Waals surface area contributed by atoms with E-state index < -0.39 is 5.97 Å². The highest BCUT2D eigenvalue weighted by molar-refractivity contribution is 5.94. The van der Waals surface area contributed by atoms with E-state index in [1.807, 2.05) is 0 Å². The zero-order valence-electron chi connectivity index (χ0n) is 11.9. The Kier molecular flexibility index (Phi) is 4.12. The van der Waals surface area contributed by atoms with Crippen LogP contribution in [0, 0.1) is 18.8 Å². The molecule has 5 nitrogen and oxygen atoms in total. The smallest absolute Gasteiger partial charge is 0.341 e. The summed E-state index contributed by atoms with van der Waals surface area (Å²) in [5.74, 6) is 1.14. The summed E-state index contributed by atoms with van der Waals surface area (Å²) in [7, 11) is 1.78. The minimum Gasteiger partial charge on any atom is -0.477 e. The molecular formula is C14H23N3O2. The largest absolute Gasteiger partial charge is 0.477 e. The molecule has 2 rings (SSSR count). The monoisotopic (exact) mass is 265 g/mol. The van der Waals surface area contributed by atoms with Gasteiger partial charge in [0.2, 0.25) is 0 Å². The molecule has 2 unspecified atom stereocenters. The molecule has 0 radical (unpaired) electrons. The van der Waals surface area contributed by atoms with Gasteiger partial charge in [-0.25, -0.2) is 4.79 Å². The third-order valence-corrected chi connectivity index (χ3v) is 4.04. The van der Waals surface area contributed by atoms with Gasteiger partial charge in [-0.05, 0) is 31.6 Å². The molecule has 1 aliphatic rings. The van der Waals surface area contributed by atoms with Crippen LogP contribution < -0.4 is 5.32 Å². The van der Waals surface area contributed by atoms with Crippen LogP contribution in [0.15, 0.2) is 0 Å². The first-order valence-electron chi connectivity index (χ1n) is 6.99. The molecule has 5 heteroatoms. The summed E-state index contributed by atoms with van der Waals surface area (Å²) in [5, 5.41) is 16.7. The first-order valence-corrected chi connectivity index (χ1v) is 6.99. The minimum absolute atomic E-state index is 0.298. The summed E-state index contributed by atoms with van der Waals surface area (Å²) in [4.78, 5) is 11.3. The van der Waals surface area contributed by atoms with Gasteiger partial charge in [-0.15, -0.1) is 0 Å². The van der Waals surface area contributed by atoms with Gasteiger partial charge in [-0.2, -0.15) is 5.10 Å². The van der Waals surface area contributed by atoms with Gasteiger partial charge in [0, 0.05) is 13.6 Å². The number of carboxylic acids is 1. The molecule has 2 atom stereocenters. The second-order valence-electron chi connectivity index (χ2n) is 5.76. The van der Waals surface area contributed by atoms with Crippen molar-refractivity contribution in [3.8, 4) is 0 Å². The van der Waals surface area contributed by atoms with E-state index in [1.165, 1.54) is 25.7 Å². The number of nitrogens with zero attached hydrogens (tertiary/aromatic N) is 2. The molecule has 0 aliphatic heterocycles. The number of hydrogen-bond donors (Lipinski definition) is 2. The van der Waals surface area contributed by atoms with Crippen molar-refractivity contribution in [3.63, 3.8) is 0 Å². The molecule has 1 aliphatic carbocycles. The lowest BCUT2D eigenvalue weighted by molar-refractivity contribution is 0.0697. The van der Waals surface area contributed by atoms with Crippen molar-refractivity contribution in [2.24, 2.45) is 18.9 Å². The summed E-state index contributed by atoms with van der Waals surface area (Å²) in [5.41, 5.74) is 0.862. The molecule has 1 aromatic rings. The topological polar surface area (TPSA) is 67.2 Å². The fourth-order valence-corrected chi connectivity index (χ4v) is 3.10. The highest BCUT2D eigenvalue weighted by atomic mass is 16.4. The molecule has 1 aromatic heterocycles. The molecule has 1 fully saturated rings. The maximum Gasteiger partial charge on any atom is 0.341 e. The van der Waals surface area contributed by atoms with Crippen molar-refractivity contribution in [1.82, 2.24) is 9.78 Å². The van der Waals surface area contributed by atoms with E-state index in [2.05, 4.69) is 17.3 Å². The van der Waals surface area contributed by atoms with E-state index in [-0.39, 0.29) is 0 Å². The Morgan fingerprint density at radius 1 is 1.53 bits per heavy atom. The van der Waals surface area contributed by atoms with Crippen LogP contribution in [0.3, 0.4) is 0 Å². The van der Waals surface area contributed by atoms with Crippen molar-refractivity contribution < 1.29 is 9.90 Å². The predicted molar refractivity (Wildman–Crippen MR) is 74.5 cm³/mol. The second kappa shape index (κ2) is 5.63. The number of hydrogen-bond acceptors (Lipinski definition) is 3. The van der Waals surface area contributed by atoms with Crippen LogP contribution in [0.5, 0.6) is 0 Å². The van der Waals surface area contributed by atoms with Crippen LogP contribution in [0.2, 0.25) is 0 Å². The lowest BCUT2D eigenvalue weighted by Gasteiger charge is -2.27. The Hall–Kier alpha value is -1.52. The van der Waals surface area contributed by atoms with Crippen LogP contribution in [0.4, 0.5) is 5.82 Å². The molecule has 0 aromatic carbocycles. The molecule has 19 heavy (non-hydrogen) atoms. The van der Waals surface area contributed by atoms with Crippen molar-refractivity contribution in [2.45, 2.75) is 39.5 Å². The average Bonchev–Trinajstić information content (AvgIpc) is 2.61. The Bertz CT molecular complexity index is 468. The molecule has 0 spiro atoms. The van der Waals surface area contributed by atoms with Gasteiger partial charge >= 0.3 is 5.97 Å². The lowest BCUT2D eigenvalue weighted by Crippen LogP contribution is -2.22. The number of aromatic nitrogens is 2. The first-order chi connectivity index (χ1) is 8.99. The van der Waals surface area contributed by atoms with Crippen molar-refractivity contribution in [1.29, 1.82) is 0 Å². The Labute approximate surface area is 114 Å². The van der Waals surface area contributed by atoms with Gasteiger partial charge in [0.05, 0.1) is 5.69 Å². The Balaban J connectivity index is 2.05. The van der Waals surface area contributed by atoms with E-state index >= 15 is 0 Å². The molecule has 0 saturated heterocycles. The van der Waals surface area contributed by atoms with Gasteiger partial charge in [0.25, 0.3) is 0 Å². The van der Waals surface area contributed by atoms with Gasteiger partial charge in [0.1, 0.15) is 11.4 Å². The quantitative estimate of drug-likeness (QED) is 0.878. The third kappa shape index (κ3) is 3.08. The summed E-state index contributed by atoms with van der Waals surface area (Å²) in [6, 6.07) is 0. The van der Waals surface area contributed by atoms with E-state index in [0.29, 0.717) is 23.0 Å². The number of aromatic carboxylic acids is 1. The number of carbonyl (C=O) groups is 1. The van der Waals surface area contributed by atoms with Crippen LogP contribution in [-0.2, 0) is 7.05 Å². The zero-order chi connectivity index (χ0) is 14.0. The molecule has 0 amide bonds. The summed E-state index contributed by atoms with van der Waals surface area (Å²) in [6.07, 6.45) is 5.06. The van der Waals surface area contributed by atoms with Gasteiger partial charge in [-0.1, -0.05) is 19.8 Å². The molecule has 106 valence electrons. The highest BCUT2D eigenvalue weighted by Crippen LogP contribution is 2.29. The number of rotatable bonds is 4. The van der Waals surface area contributed by atoms with Gasteiger partial charge < -0.3 is 10.4 Å². The number of anilines is 1. The maximum absolute atomic E-state index is 11.3. The van der Waals surface area contributed by atoms with Crippen molar-refractivity contribution in [2.75, 3.05) is 11.9 Å². The fraction of sp³-hybridized carbons (Fsp3) is 0.714. The van der Waals surface area contributed by atoms with E-state index in [1.54, 1.807) is 18.7 Å². The van der Waals surface area contributed by atoms with Crippen molar-refractivity contribution in [3.05, 3.63) is 11.3 Å². The SMILES string of the molecule is Cc1nn(C)c(NCC2CCCC(C)C2)c1C(=O)O. The maximum atomic E-state index is 11.3. The van der Waals surface area contributed by atoms with Gasteiger partial charge in [-0.3, -0.25) is 4.68 Å². The van der Waals surface area contributed by atoms with Crippen LogP contribution in [0.1, 0.15) is 48.7 Å². The van der Waals surface area contributed by atoms with Crippen LogP contribution >= 0.6 is 0 Å². The second-order valence-corrected chi connectivity index (χ2v) is 5.76. The third-order valence-electron chi connectivity index (χ3n) is 4.04. The molecule has 0 bridgehead atoms. The summed E-state index contributed by atoms with van der Waals surface area (Å²) >= 11 is 0. The minimum atomic E-state index is -0.912. The molecule has 1 heterocycles. The molecule has 2 N–H and O–H groups in total. The van der Waals surface area contributed by atoms with Crippen molar-refractivity contribution >= 4 is 11.8 Å². The Morgan fingerprint density at radius 3 is 2.89 bits per heavy atom. The lowest BCUT2D eigenvalue weighted by atomic mass is 9.82. The summed E-state index contributed by atoms with van der Waals surface area (Å²) in [6.45, 7) is 4.87. The molecular weight excluding hydrogens is 242 g/mol. The van der Waals surface area contributed by atoms with E-state index in [0.717, 1.165) is 12.5 Å². The number of nitrogens with one attached hydrogen (secondary N) is 1. The number of aryl methyl sites for hydroxylation is 2. The highest BCUT2D eigenvalue weighted by Gasteiger charge is 2.22. The fourth-order valence-electron chi connectivity index (χ4n) is 3.10. The van der Waals surface area contributed by atoms with E-state index in [4.69, 9.17) is 0 Å². The van der Waals surface area contributed by atoms with E-state index in [9.17, 15) is 9.90 Å². The number of carboxylic acid groups (broad SMARTS) is 1. The normalized spacial score (nSPS) is 23.3. The predicted octanol–water partition coefficient (Wildman–Crippen LogP) is 2.66. The average molecular weight is 265 g/mol. The Morgan fingerprint density at radius 2 is 2.26 bits per heavy atom.